The largest absolute Gasteiger partial charge is 0.337 e. The van der Waals surface area contributed by atoms with Gasteiger partial charge >= 0.3 is 0 Å². The molecule has 195 valence electrons. The van der Waals surface area contributed by atoms with Gasteiger partial charge in [-0.3, -0.25) is 9.59 Å². The fraction of sp³-hybridized carbons (Fsp3) is 0.286. The van der Waals surface area contributed by atoms with E-state index in [1.807, 2.05) is 109 Å². The molecular weight excluding hydrogens is 577 g/mol. The topological polar surface area (TPSA) is 61.6 Å². The summed E-state index contributed by atoms with van der Waals surface area (Å²) in [7, 11) is 5.85. The van der Waals surface area contributed by atoms with Crippen molar-refractivity contribution >= 4 is 35.1 Å². The molecule has 0 atom stereocenters. The van der Waals surface area contributed by atoms with Gasteiger partial charge in [-0.1, -0.05) is 21.8 Å². The second-order valence-electron chi connectivity index (χ2n) is 7.65. The Morgan fingerprint density at radius 2 is 1.22 bits per heavy atom. The molecule has 0 aliphatic carbocycles. The van der Waals surface area contributed by atoms with E-state index in [1.54, 1.807) is 18.3 Å². The van der Waals surface area contributed by atoms with E-state index in [-0.39, 0.29) is 59.1 Å². The predicted molar refractivity (Wildman–Crippen MR) is 149 cm³/mol. The van der Waals surface area contributed by atoms with Crippen LogP contribution in [0.5, 0.6) is 0 Å². The molecule has 4 rings (SSSR count). The second-order valence-corrected chi connectivity index (χ2v) is 9.20. The zero-order chi connectivity index (χ0) is 25.1. The molecular formula is C28H39N4O2S2Y+3. The van der Waals surface area contributed by atoms with E-state index >= 15 is 0 Å². The van der Waals surface area contributed by atoms with Crippen molar-refractivity contribution in [3.8, 4) is 11.3 Å². The molecule has 0 fully saturated rings. The van der Waals surface area contributed by atoms with Gasteiger partial charge in [-0.15, -0.1) is 11.3 Å². The van der Waals surface area contributed by atoms with Gasteiger partial charge in [0.25, 0.3) is 0 Å². The van der Waals surface area contributed by atoms with Crippen LogP contribution >= 0.6 is 23.6 Å². The molecule has 0 bridgehead atoms. The van der Waals surface area contributed by atoms with Crippen LogP contribution < -0.4 is 13.7 Å². The first-order chi connectivity index (χ1) is 16.2. The third-order valence-corrected chi connectivity index (χ3v) is 5.88. The number of hydrogen-bond donors (Lipinski definition) is 1. The van der Waals surface area contributed by atoms with Crippen LogP contribution in [0.15, 0.2) is 79.0 Å². The first-order valence-electron chi connectivity index (χ1n) is 10.8. The number of nitrogens with one attached hydrogen (secondary N) is 1. The average molecular weight is 617 g/mol. The van der Waals surface area contributed by atoms with Crippen LogP contribution in [0, 0.1) is 3.95 Å². The van der Waals surface area contributed by atoms with Crippen molar-refractivity contribution in [3.05, 3.63) is 94.0 Å². The smallest absolute Gasteiger partial charge is 0.169 e. The number of aromatic amines is 1. The first kappa shape index (κ1) is 36.9. The van der Waals surface area contributed by atoms with Crippen molar-refractivity contribution in [2.24, 2.45) is 21.1 Å². The summed E-state index contributed by atoms with van der Waals surface area (Å²) in [4.78, 5) is 25.0. The minimum Gasteiger partial charge on any atom is -0.337 e. The molecule has 0 unspecified atom stereocenters. The Hall–Kier alpha value is -2.26. The summed E-state index contributed by atoms with van der Waals surface area (Å²) < 4.78 is 6.63. The fourth-order valence-electron chi connectivity index (χ4n) is 2.73. The van der Waals surface area contributed by atoms with E-state index in [0.717, 1.165) is 20.8 Å². The third kappa shape index (κ3) is 13.2. The van der Waals surface area contributed by atoms with E-state index < -0.39 is 0 Å². The number of H-pyrrole nitrogens is 1. The molecule has 6 nitrogen and oxygen atoms in total. The van der Waals surface area contributed by atoms with Gasteiger partial charge in [-0.2, -0.15) is 0 Å². The Bertz CT molecular complexity index is 1270. The Labute approximate surface area is 255 Å². The summed E-state index contributed by atoms with van der Waals surface area (Å²) >= 11 is 6.57. The number of thiazole rings is 1. The number of carbonyl (C=O) groups excluding carboxylic acids is 2. The van der Waals surface area contributed by atoms with Crippen LogP contribution in [0.2, 0.25) is 0 Å². The molecule has 4 aromatic rings. The van der Waals surface area contributed by atoms with E-state index in [4.69, 9.17) is 12.2 Å². The number of carbonyl (C=O) groups is 2. The molecule has 37 heavy (non-hydrogen) atoms. The van der Waals surface area contributed by atoms with Crippen LogP contribution in [-0.4, -0.2) is 16.6 Å². The Morgan fingerprint density at radius 1 is 0.811 bits per heavy atom. The number of nitrogens with zero attached hydrogens (tertiary/aromatic N) is 3. The zero-order valence-corrected chi connectivity index (χ0v) is 25.2. The molecule has 1 N–H and O–H groups in total. The van der Waals surface area contributed by atoms with Gasteiger partial charge < -0.3 is 4.98 Å². The van der Waals surface area contributed by atoms with E-state index in [1.165, 1.54) is 5.56 Å². The maximum atomic E-state index is 11.1. The maximum absolute atomic E-state index is 11.1. The van der Waals surface area contributed by atoms with Crippen LogP contribution in [0.4, 0.5) is 0 Å². The molecule has 0 aromatic carbocycles. The van der Waals surface area contributed by atoms with Crippen molar-refractivity contribution in [2.45, 2.75) is 35.1 Å². The Kier molecular flexibility index (Phi) is 18.9. The van der Waals surface area contributed by atoms with Crippen molar-refractivity contribution < 1.29 is 56.0 Å². The van der Waals surface area contributed by atoms with Gasteiger partial charge in [0.2, 0.25) is 0 Å². The number of ketones is 2. The Morgan fingerprint density at radius 3 is 1.57 bits per heavy atom. The third-order valence-electron chi connectivity index (χ3n) is 4.82. The Balaban J connectivity index is 0. The zero-order valence-electron chi connectivity index (χ0n) is 20.8. The fourth-order valence-corrected chi connectivity index (χ4v) is 3.57. The molecule has 0 spiro atoms. The number of aromatic nitrogens is 4. The predicted octanol–water partition coefficient (Wildman–Crippen LogP) is 5.38. The van der Waals surface area contributed by atoms with E-state index in [9.17, 15) is 9.59 Å². The van der Waals surface area contributed by atoms with Gasteiger partial charge in [0, 0.05) is 97.6 Å². The number of rotatable bonds is 4. The van der Waals surface area contributed by atoms with Crippen LogP contribution in [0.3, 0.4) is 0 Å². The second kappa shape index (κ2) is 18.9. The summed E-state index contributed by atoms with van der Waals surface area (Å²) in [6.07, 6.45) is 12.1. The van der Waals surface area contributed by atoms with E-state index in [0.29, 0.717) is 6.42 Å². The van der Waals surface area contributed by atoms with Crippen LogP contribution in [-0.2, 0) is 53.9 Å². The standard InChI is InChI=1S/C9H8N2S2.C9H12NO.C8H10NO.2CH4.Y/c1-11-4-2-7(3-5-11)8-6-13-9(12)10-8;1-3-9(11)8-4-6-10(2)7-5-8;1-7(10)8-3-5-9(2)6-4-8;;;/h2-6H,1H3;4-7H,3H2,1-2H3;3-6H,1-2H3;2*1H4;/q;2*+1;;;/p+1. The quantitative estimate of drug-likeness (QED) is 0.190. The number of aryl methyl sites for hydroxylation is 3. The molecule has 9 heteroatoms. The van der Waals surface area contributed by atoms with Crippen molar-refractivity contribution in [3.63, 3.8) is 0 Å². The van der Waals surface area contributed by atoms with Crippen molar-refractivity contribution in [2.75, 3.05) is 0 Å². The van der Waals surface area contributed by atoms with Crippen LogP contribution in [0.1, 0.15) is 55.8 Å². The average Bonchev–Trinajstić information content (AvgIpc) is 3.27. The van der Waals surface area contributed by atoms with Gasteiger partial charge in [-0.05, 0) is 19.1 Å². The normalized spacial score (nSPS) is 9.00. The molecule has 0 aliphatic heterocycles. The molecule has 0 saturated heterocycles. The molecule has 1 radical (unpaired) electrons. The number of pyridine rings is 3. The summed E-state index contributed by atoms with van der Waals surface area (Å²) in [5.41, 5.74) is 3.82. The number of Topliss-reactive ketones (excluding diaryl/α,β-unsaturated/α-hetero) is 2. The number of hydrogen-bond acceptors (Lipinski definition) is 4. The molecule has 4 aromatic heterocycles. The summed E-state index contributed by atoms with van der Waals surface area (Å²) in [6.45, 7) is 3.44. The maximum Gasteiger partial charge on any atom is 0.169 e. The summed E-state index contributed by atoms with van der Waals surface area (Å²) in [5, 5.41) is 2.04. The van der Waals surface area contributed by atoms with Crippen molar-refractivity contribution in [1.82, 2.24) is 4.98 Å². The molecule has 0 saturated carbocycles. The first-order valence-corrected chi connectivity index (χ1v) is 12.1. The van der Waals surface area contributed by atoms with Gasteiger partial charge in [0.15, 0.2) is 52.7 Å². The molecule has 0 amide bonds. The minimum atomic E-state index is 0. The summed E-state index contributed by atoms with van der Waals surface area (Å²) in [5.74, 6) is 0.311. The molecule has 0 aliphatic rings. The SMILES string of the molecule is C.C.CC(=O)c1cc[n+](C)cc1.CCC(=O)c1cc[n+](C)cc1.C[n+]1ccc(-c2csc(=S)[nH]2)cc1.[Y]. The van der Waals surface area contributed by atoms with Gasteiger partial charge in [0.1, 0.15) is 21.1 Å². The van der Waals surface area contributed by atoms with Crippen LogP contribution in [0.25, 0.3) is 11.3 Å². The summed E-state index contributed by atoms with van der Waals surface area (Å²) in [6, 6.07) is 11.4. The molecule has 4 heterocycles. The van der Waals surface area contributed by atoms with Crippen molar-refractivity contribution in [1.29, 1.82) is 0 Å². The minimum absolute atomic E-state index is 0. The van der Waals surface area contributed by atoms with Gasteiger partial charge in [-0.25, -0.2) is 13.7 Å². The monoisotopic (exact) mass is 616 g/mol. The van der Waals surface area contributed by atoms with E-state index in [2.05, 4.69) is 17.1 Å². The van der Waals surface area contributed by atoms with Gasteiger partial charge in [0.05, 0.1) is 5.69 Å².